The zero-order valence-corrected chi connectivity index (χ0v) is 17.0. The van der Waals surface area contributed by atoms with Gasteiger partial charge in [0, 0.05) is 34.5 Å². The van der Waals surface area contributed by atoms with Crippen LogP contribution in [0, 0.1) is 0 Å². The highest BCUT2D eigenvalue weighted by molar-refractivity contribution is 6.07. The van der Waals surface area contributed by atoms with E-state index in [-0.39, 0.29) is 0 Å². The topological polar surface area (TPSA) is 8.81 Å². The summed E-state index contributed by atoms with van der Waals surface area (Å²) in [5.74, 6) is 0. The van der Waals surface area contributed by atoms with Crippen molar-refractivity contribution in [1.29, 1.82) is 0 Å². The first-order chi connectivity index (χ1) is 13.9. The molecule has 2 aromatic carbocycles. The van der Waals surface area contributed by atoms with Crippen LogP contribution >= 0.6 is 0 Å². The van der Waals surface area contributed by atoms with Crippen LogP contribution in [-0.4, -0.2) is 4.57 Å². The molecule has 0 aliphatic heterocycles. The second kappa shape index (κ2) is 9.05. The Kier molecular flexibility index (Phi) is 6.06. The quantitative estimate of drug-likeness (QED) is 0.235. The molecule has 0 saturated heterocycles. The lowest BCUT2D eigenvalue weighted by atomic mass is 10.1. The smallest absolute Gasteiger partial charge is 0.193 e. The molecule has 2 heteroatoms. The van der Waals surface area contributed by atoms with Gasteiger partial charge in [0.05, 0.1) is 0 Å². The third kappa shape index (κ3) is 4.11. The Bertz CT molecular complexity index is 1030. The van der Waals surface area contributed by atoms with E-state index < -0.39 is 0 Å². The summed E-state index contributed by atoms with van der Waals surface area (Å²) in [5, 5.41) is 2.74. The molecular formula is C26H31N2+. The molecule has 0 unspecified atom stereocenters. The molecule has 0 saturated carbocycles. The van der Waals surface area contributed by atoms with Crippen LogP contribution in [0.3, 0.4) is 0 Å². The van der Waals surface area contributed by atoms with Crippen molar-refractivity contribution in [2.24, 2.45) is 0 Å². The molecule has 0 bridgehead atoms. The number of pyridine rings is 1. The normalized spacial score (nSPS) is 11.5. The molecule has 0 amide bonds. The van der Waals surface area contributed by atoms with Crippen LogP contribution in [0.15, 0.2) is 73.1 Å². The van der Waals surface area contributed by atoms with Gasteiger partial charge in [0.1, 0.15) is 5.52 Å². The van der Waals surface area contributed by atoms with Crippen molar-refractivity contribution >= 4 is 21.8 Å². The highest BCUT2D eigenvalue weighted by Gasteiger charge is 2.14. The van der Waals surface area contributed by atoms with Gasteiger partial charge in [-0.15, -0.1) is 0 Å². The third-order valence-corrected chi connectivity index (χ3v) is 5.72. The van der Waals surface area contributed by atoms with Gasteiger partial charge in [-0.2, -0.15) is 4.57 Å². The summed E-state index contributed by atoms with van der Waals surface area (Å²) in [6, 6.07) is 21.8. The van der Waals surface area contributed by atoms with Gasteiger partial charge in [0.2, 0.25) is 0 Å². The Hall–Kier alpha value is -2.61. The number of rotatable bonds is 9. The molecule has 2 nitrogen and oxygen atoms in total. The molecule has 2 heterocycles. The Balaban J connectivity index is 1.62. The van der Waals surface area contributed by atoms with Crippen LogP contribution in [0.4, 0.5) is 0 Å². The molecule has 0 atom stereocenters. The lowest BCUT2D eigenvalue weighted by Gasteiger charge is -2.07. The standard InChI is InChI=1S/C26H31N2/c1-2-3-4-5-6-12-18-28-25-16-11-10-15-23(25)24-17-19-27(21-26(24)28)20-22-13-8-7-9-14-22/h7-11,13-17,19,21H,2-6,12,18,20H2,1H3/q+1. The van der Waals surface area contributed by atoms with E-state index in [1.165, 1.54) is 65.9 Å². The van der Waals surface area contributed by atoms with E-state index >= 15 is 0 Å². The van der Waals surface area contributed by atoms with Gasteiger partial charge in [-0.25, -0.2) is 0 Å². The number of unbranched alkanes of at least 4 members (excludes halogenated alkanes) is 5. The molecule has 4 rings (SSSR count). The van der Waals surface area contributed by atoms with Gasteiger partial charge in [0.15, 0.2) is 18.9 Å². The van der Waals surface area contributed by atoms with Gasteiger partial charge in [-0.1, -0.05) is 87.6 Å². The molecule has 4 aromatic rings. The fraction of sp³-hybridized carbons (Fsp3) is 0.346. The van der Waals surface area contributed by atoms with Crippen molar-refractivity contribution in [2.45, 2.75) is 58.5 Å². The molecule has 0 spiro atoms. The summed E-state index contributed by atoms with van der Waals surface area (Å²) in [4.78, 5) is 0. The highest BCUT2D eigenvalue weighted by Crippen LogP contribution is 2.28. The van der Waals surface area contributed by atoms with E-state index in [9.17, 15) is 0 Å². The lowest BCUT2D eigenvalue weighted by Crippen LogP contribution is -2.33. The summed E-state index contributed by atoms with van der Waals surface area (Å²) >= 11 is 0. The van der Waals surface area contributed by atoms with Crippen molar-refractivity contribution < 1.29 is 4.57 Å². The number of aromatic nitrogens is 2. The maximum atomic E-state index is 2.53. The second-order valence-electron chi connectivity index (χ2n) is 7.84. The highest BCUT2D eigenvalue weighted by atomic mass is 15.0. The number of nitrogens with zero attached hydrogens (tertiary/aromatic N) is 2. The minimum Gasteiger partial charge on any atom is -0.336 e. The summed E-state index contributed by atoms with van der Waals surface area (Å²) in [6.07, 6.45) is 12.6. The molecule has 0 radical (unpaired) electrons. The monoisotopic (exact) mass is 371 g/mol. The number of para-hydroxylation sites is 1. The summed E-state index contributed by atoms with van der Waals surface area (Å²) in [6.45, 7) is 4.30. The van der Waals surface area contributed by atoms with Gasteiger partial charge < -0.3 is 4.57 Å². The van der Waals surface area contributed by atoms with Crippen LogP contribution in [0.25, 0.3) is 21.8 Å². The molecule has 0 fully saturated rings. The van der Waals surface area contributed by atoms with Crippen LogP contribution < -0.4 is 4.57 Å². The molecule has 0 aliphatic carbocycles. The van der Waals surface area contributed by atoms with Crippen LogP contribution in [0.2, 0.25) is 0 Å². The van der Waals surface area contributed by atoms with Gasteiger partial charge >= 0.3 is 0 Å². The first-order valence-corrected chi connectivity index (χ1v) is 10.8. The summed E-state index contributed by atoms with van der Waals surface area (Å²) in [7, 11) is 0. The third-order valence-electron chi connectivity index (χ3n) is 5.72. The van der Waals surface area contributed by atoms with Gasteiger partial charge in [-0.05, 0) is 12.5 Å². The van der Waals surface area contributed by atoms with Crippen LogP contribution in [0.5, 0.6) is 0 Å². The first kappa shape index (κ1) is 18.7. The summed E-state index contributed by atoms with van der Waals surface area (Å²) < 4.78 is 4.85. The zero-order chi connectivity index (χ0) is 19.2. The lowest BCUT2D eigenvalue weighted by molar-refractivity contribution is -0.687. The predicted octanol–water partition coefficient (Wildman–Crippen LogP) is 6.49. The van der Waals surface area contributed by atoms with Crippen molar-refractivity contribution in [2.75, 3.05) is 0 Å². The molecular weight excluding hydrogens is 340 g/mol. The van der Waals surface area contributed by atoms with Crippen molar-refractivity contribution in [3.63, 3.8) is 0 Å². The average molecular weight is 372 g/mol. The molecule has 28 heavy (non-hydrogen) atoms. The molecule has 2 aromatic heterocycles. The van der Waals surface area contributed by atoms with E-state index in [0.717, 1.165) is 13.1 Å². The molecule has 0 N–H and O–H groups in total. The van der Waals surface area contributed by atoms with Gasteiger partial charge in [-0.3, -0.25) is 0 Å². The van der Waals surface area contributed by atoms with Crippen molar-refractivity contribution in [1.82, 2.24) is 4.57 Å². The fourth-order valence-corrected chi connectivity index (χ4v) is 4.22. The zero-order valence-electron chi connectivity index (χ0n) is 17.0. The van der Waals surface area contributed by atoms with E-state index in [2.05, 4.69) is 89.1 Å². The maximum Gasteiger partial charge on any atom is 0.193 e. The van der Waals surface area contributed by atoms with Crippen molar-refractivity contribution in [3.8, 4) is 0 Å². The predicted molar refractivity (Wildman–Crippen MR) is 119 cm³/mol. The van der Waals surface area contributed by atoms with E-state index in [0.29, 0.717) is 0 Å². The number of aryl methyl sites for hydroxylation is 1. The Morgan fingerprint density at radius 3 is 2.29 bits per heavy atom. The number of hydrogen-bond acceptors (Lipinski definition) is 0. The first-order valence-electron chi connectivity index (χ1n) is 10.8. The van der Waals surface area contributed by atoms with E-state index in [4.69, 9.17) is 0 Å². The number of hydrogen-bond donors (Lipinski definition) is 0. The average Bonchev–Trinajstić information content (AvgIpc) is 3.04. The second-order valence-corrected chi connectivity index (χ2v) is 7.84. The van der Waals surface area contributed by atoms with Crippen LogP contribution in [0.1, 0.15) is 51.0 Å². The largest absolute Gasteiger partial charge is 0.336 e. The molecule has 144 valence electrons. The fourth-order valence-electron chi connectivity index (χ4n) is 4.22. The Labute approximate surface area is 168 Å². The number of benzene rings is 2. The van der Waals surface area contributed by atoms with Crippen molar-refractivity contribution in [3.05, 3.63) is 78.6 Å². The van der Waals surface area contributed by atoms with Gasteiger partial charge in [0.25, 0.3) is 0 Å². The minimum absolute atomic E-state index is 0.912. The molecule has 0 aliphatic rings. The maximum absolute atomic E-state index is 2.53. The summed E-state index contributed by atoms with van der Waals surface area (Å²) in [5.41, 5.74) is 4.06. The Morgan fingerprint density at radius 1 is 0.714 bits per heavy atom. The SMILES string of the molecule is CCCCCCCCn1c2ccccc2c2cc[n+](Cc3ccccc3)cc21. The van der Waals surface area contributed by atoms with Crippen LogP contribution in [-0.2, 0) is 13.1 Å². The minimum atomic E-state index is 0.912. The Morgan fingerprint density at radius 2 is 1.43 bits per heavy atom. The van der Waals surface area contributed by atoms with E-state index in [1.807, 2.05) is 0 Å². The van der Waals surface area contributed by atoms with E-state index in [1.54, 1.807) is 0 Å². The number of fused-ring (bicyclic) bond motifs is 3.